The van der Waals surface area contributed by atoms with E-state index in [2.05, 4.69) is 15.5 Å². The lowest BCUT2D eigenvalue weighted by Gasteiger charge is -2.03. The Balaban J connectivity index is 2.01. The quantitative estimate of drug-likeness (QED) is 0.894. The Labute approximate surface area is 105 Å². The van der Waals surface area contributed by atoms with E-state index in [0.717, 1.165) is 5.56 Å². The molecule has 0 saturated heterocycles. The normalized spacial score (nSPS) is 10.6. The van der Waals surface area contributed by atoms with E-state index in [1.165, 1.54) is 0 Å². The van der Waals surface area contributed by atoms with E-state index in [0.29, 0.717) is 11.7 Å². The van der Waals surface area contributed by atoms with Crippen LogP contribution in [0, 0.1) is 5.92 Å². The predicted molar refractivity (Wildman–Crippen MR) is 66.4 cm³/mol. The average Bonchev–Trinajstić information content (AvgIpc) is 2.85. The summed E-state index contributed by atoms with van der Waals surface area (Å²) in [5.74, 6) is 0.850. The van der Waals surface area contributed by atoms with Gasteiger partial charge in [0.25, 0.3) is 0 Å². The van der Waals surface area contributed by atoms with Crippen LogP contribution in [-0.4, -0.2) is 16.0 Å². The molecule has 2 rings (SSSR count). The second kappa shape index (κ2) is 5.44. The molecule has 0 fully saturated rings. The summed E-state index contributed by atoms with van der Waals surface area (Å²) in [7, 11) is 0. The summed E-state index contributed by atoms with van der Waals surface area (Å²) in [6.07, 6.45) is 0. The van der Waals surface area contributed by atoms with Gasteiger partial charge in [-0.1, -0.05) is 49.3 Å². The third-order valence-electron chi connectivity index (χ3n) is 2.44. The molecule has 0 aliphatic carbocycles. The van der Waals surface area contributed by atoms with Gasteiger partial charge in [0.2, 0.25) is 17.6 Å². The molecule has 1 heterocycles. The Morgan fingerprint density at radius 1 is 1.33 bits per heavy atom. The van der Waals surface area contributed by atoms with Crippen molar-refractivity contribution in [3.8, 4) is 11.4 Å². The molecule has 0 radical (unpaired) electrons. The van der Waals surface area contributed by atoms with Crippen molar-refractivity contribution >= 4 is 5.91 Å². The standard InChI is InChI=1S/C13H15N3O2/c1-9(2)13(17)14-8-11-15-12(16-18-11)10-6-4-3-5-7-10/h3-7,9H,8H2,1-2H3,(H,14,17). The number of benzene rings is 1. The number of amides is 1. The Morgan fingerprint density at radius 2 is 2.06 bits per heavy atom. The summed E-state index contributed by atoms with van der Waals surface area (Å²) in [6.45, 7) is 3.92. The zero-order chi connectivity index (χ0) is 13.0. The van der Waals surface area contributed by atoms with Crippen molar-refractivity contribution in [3.05, 3.63) is 36.2 Å². The molecule has 1 N–H and O–H groups in total. The van der Waals surface area contributed by atoms with Crippen LogP contribution in [0.3, 0.4) is 0 Å². The molecule has 0 unspecified atom stereocenters. The van der Waals surface area contributed by atoms with Crippen molar-refractivity contribution in [1.82, 2.24) is 15.5 Å². The number of hydrogen-bond acceptors (Lipinski definition) is 4. The van der Waals surface area contributed by atoms with Crippen LogP contribution in [0.2, 0.25) is 0 Å². The minimum absolute atomic E-state index is 0.0329. The largest absolute Gasteiger partial charge is 0.347 e. The van der Waals surface area contributed by atoms with Gasteiger partial charge in [0.1, 0.15) is 0 Å². The Bertz CT molecular complexity index is 520. The molecule has 0 bridgehead atoms. The van der Waals surface area contributed by atoms with Gasteiger partial charge in [-0.05, 0) is 0 Å². The molecule has 1 aromatic heterocycles. The van der Waals surface area contributed by atoms with Gasteiger partial charge in [-0.3, -0.25) is 4.79 Å². The van der Waals surface area contributed by atoms with Crippen LogP contribution < -0.4 is 5.32 Å². The van der Waals surface area contributed by atoms with E-state index >= 15 is 0 Å². The van der Waals surface area contributed by atoms with E-state index in [1.54, 1.807) is 0 Å². The molecular formula is C13H15N3O2. The SMILES string of the molecule is CC(C)C(=O)NCc1nc(-c2ccccc2)no1. The first-order valence-electron chi connectivity index (χ1n) is 5.82. The summed E-state index contributed by atoms with van der Waals surface area (Å²) in [6, 6.07) is 9.55. The molecule has 1 amide bonds. The van der Waals surface area contributed by atoms with Crippen LogP contribution in [0.25, 0.3) is 11.4 Å². The highest BCUT2D eigenvalue weighted by molar-refractivity contribution is 5.77. The highest BCUT2D eigenvalue weighted by Gasteiger charge is 2.11. The van der Waals surface area contributed by atoms with Gasteiger partial charge in [0.15, 0.2) is 0 Å². The lowest BCUT2D eigenvalue weighted by atomic mass is 10.2. The van der Waals surface area contributed by atoms with Crippen LogP contribution >= 0.6 is 0 Å². The number of carbonyl (C=O) groups is 1. The average molecular weight is 245 g/mol. The fourth-order valence-corrected chi connectivity index (χ4v) is 1.40. The van der Waals surface area contributed by atoms with Crippen LogP contribution in [-0.2, 0) is 11.3 Å². The second-order valence-electron chi connectivity index (χ2n) is 4.25. The molecule has 18 heavy (non-hydrogen) atoms. The zero-order valence-electron chi connectivity index (χ0n) is 10.4. The number of nitrogens with zero attached hydrogens (tertiary/aromatic N) is 2. The third-order valence-corrected chi connectivity index (χ3v) is 2.44. The van der Waals surface area contributed by atoms with E-state index in [9.17, 15) is 4.79 Å². The summed E-state index contributed by atoms with van der Waals surface area (Å²) in [5.41, 5.74) is 0.891. The smallest absolute Gasteiger partial charge is 0.246 e. The first-order chi connectivity index (χ1) is 8.66. The maximum atomic E-state index is 11.4. The number of carbonyl (C=O) groups excluding carboxylic acids is 1. The molecule has 94 valence electrons. The highest BCUT2D eigenvalue weighted by atomic mass is 16.5. The third kappa shape index (κ3) is 2.94. The molecular weight excluding hydrogens is 230 g/mol. The van der Waals surface area contributed by atoms with Crippen LogP contribution in [0.5, 0.6) is 0 Å². The fraction of sp³-hybridized carbons (Fsp3) is 0.308. The molecule has 1 aromatic carbocycles. The minimum atomic E-state index is -0.0542. The van der Waals surface area contributed by atoms with Gasteiger partial charge in [-0.15, -0.1) is 0 Å². The Morgan fingerprint density at radius 3 is 2.72 bits per heavy atom. The zero-order valence-corrected chi connectivity index (χ0v) is 10.4. The number of aromatic nitrogens is 2. The number of rotatable bonds is 4. The molecule has 0 aliphatic rings. The molecule has 2 aromatic rings. The maximum Gasteiger partial charge on any atom is 0.246 e. The summed E-state index contributed by atoms with van der Waals surface area (Å²) >= 11 is 0. The summed E-state index contributed by atoms with van der Waals surface area (Å²) in [4.78, 5) is 15.6. The molecule has 0 atom stereocenters. The number of nitrogens with one attached hydrogen (secondary N) is 1. The molecule has 0 aliphatic heterocycles. The lowest BCUT2D eigenvalue weighted by molar-refractivity contribution is -0.124. The summed E-state index contributed by atoms with van der Waals surface area (Å²) < 4.78 is 5.07. The fourth-order valence-electron chi connectivity index (χ4n) is 1.40. The van der Waals surface area contributed by atoms with Crippen molar-refractivity contribution in [2.75, 3.05) is 0 Å². The predicted octanol–water partition coefficient (Wildman–Crippen LogP) is 2.01. The minimum Gasteiger partial charge on any atom is -0.347 e. The van der Waals surface area contributed by atoms with Crippen molar-refractivity contribution < 1.29 is 9.32 Å². The van der Waals surface area contributed by atoms with Gasteiger partial charge in [-0.25, -0.2) is 0 Å². The van der Waals surface area contributed by atoms with E-state index < -0.39 is 0 Å². The van der Waals surface area contributed by atoms with Gasteiger partial charge in [0, 0.05) is 11.5 Å². The van der Waals surface area contributed by atoms with Gasteiger partial charge in [0.05, 0.1) is 6.54 Å². The molecule has 5 heteroatoms. The van der Waals surface area contributed by atoms with Crippen molar-refractivity contribution in [2.45, 2.75) is 20.4 Å². The van der Waals surface area contributed by atoms with Gasteiger partial charge >= 0.3 is 0 Å². The van der Waals surface area contributed by atoms with Crippen LogP contribution in [0.15, 0.2) is 34.9 Å². The molecule has 0 spiro atoms. The Kier molecular flexibility index (Phi) is 3.72. The van der Waals surface area contributed by atoms with Crippen molar-refractivity contribution in [2.24, 2.45) is 5.92 Å². The van der Waals surface area contributed by atoms with E-state index in [1.807, 2.05) is 44.2 Å². The molecule has 5 nitrogen and oxygen atoms in total. The summed E-state index contributed by atoms with van der Waals surface area (Å²) in [5, 5.41) is 6.60. The van der Waals surface area contributed by atoms with Crippen molar-refractivity contribution in [3.63, 3.8) is 0 Å². The first kappa shape index (κ1) is 12.3. The first-order valence-corrected chi connectivity index (χ1v) is 5.82. The maximum absolute atomic E-state index is 11.4. The topological polar surface area (TPSA) is 68.0 Å². The van der Waals surface area contributed by atoms with Crippen molar-refractivity contribution in [1.29, 1.82) is 0 Å². The van der Waals surface area contributed by atoms with Crippen LogP contribution in [0.4, 0.5) is 0 Å². The Hall–Kier alpha value is -2.17. The van der Waals surface area contributed by atoms with E-state index in [-0.39, 0.29) is 18.4 Å². The second-order valence-corrected chi connectivity index (χ2v) is 4.25. The van der Waals surface area contributed by atoms with Gasteiger partial charge in [-0.2, -0.15) is 4.98 Å². The van der Waals surface area contributed by atoms with E-state index in [4.69, 9.17) is 4.52 Å². The van der Waals surface area contributed by atoms with Crippen LogP contribution in [0.1, 0.15) is 19.7 Å². The molecule has 0 saturated carbocycles. The highest BCUT2D eigenvalue weighted by Crippen LogP contribution is 2.14. The van der Waals surface area contributed by atoms with Gasteiger partial charge < -0.3 is 9.84 Å². The monoisotopic (exact) mass is 245 g/mol. The lowest BCUT2D eigenvalue weighted by Crippen LogP contribution is -2.27. The number of hydrogen-bond donors (Lipinski definition) is 1.